The fourth-order valence-corrected chi connectivity index (χ4v) is 4.61. The Morgan fingerprint density at radius 2 is 2.07 bits per heavy atom. The SMILES string of the molecule is Cn1cc(-c2cc3nccn3c(-c3cnn([C@@H](CC#N)C45CC4C5(F)F)c3)n2)cn1. The van der Waals surface area contributed by atoms with Crippen LogP contribution in [0.25, 0.3) is 28.3 Å². The third-order valence-electron chi connectivity index (χ3n) is 6.43. The third kappa shape index (κ3) is 2.12. The summed E-state index contributed by atoms with van der Waals surface area (Å²) >= 11 is 0. The molecule has 6 rings (SSSR count). The maximum atomic E-state index is 14.0. The van der Waals surface area contributed by atoms with E-state index in [0.717, 1.165) is 5.56 Å². The minimum Gasteiger partial charge on any atom is -0.284 e. The van der Waals surface area contributed by atoms with Crippen LogP contribution in [-0.2, 0) is 7.05 Å². The quantitative estimate of drug-likeness (QED) is 0.508. The first kappa shape index (κ1) is 17.3. The van der Waals surface area contributed by atoms with Crippen molar-refractivity contribution < 1.29 is 8.78 Å². The molecule has 0 spiro atoms. The van der Waals surface area contributed by atoms with Gasteiger partial charge in [0.25, 0.3) is 5.92 Å². The van der Waals surface area contributed by atoms with Gasteiger partial charge in [0.1, 0.15) is 11.5 Å². The number of imidazole rings is 1. The predicted octanol–water partition coefficient (Wildman–Crippen LogP) is 3.10. The summed E-state index contributed by atoms with van der Waals surface area (Å²) in [7, 11) is 1.83. The number of aromatic nitrogens is 7. The van der Waals surface area contributed by atoms with Crippen LogP contribution in [0.2, 0.25) is 0 Å². The maximum Gasteiger partial charge on any atom is 0.259 e. The molecule has 0 radical (unpaired) electrons. The predicted molar refractivity (Wildman–Crippen MR) is 101 cm³/mol. The van der Waals surface area contributed by atoms with Crippen molar-refractivity contribution in [3.05, 3.63) is 43.2 Å². The number of rotatable bonds is 5. The summed E-state index contributed by atoms with van der Waals surface area (Å²) in [4.78, 5) is 9.14. The Kier molecular flexibility index (Phi) is 3.17. The normalized spacial score (nSPS) is 24.4. The summed E-state index contributed by atoms with van der Waals surface area (Å²) in [5.41, 5.74) is 1.81. The first-order valence-electron chi connectivity index (χ1n) is 9.58. The second-order valence-electron chi connectivity index (χ2n) is 8.03. The largest absolute Gasteiger partial charge is 0.284 e. The molecule has 150 valence electrons. The summed E-state index contributed by atoms with van der Waals surface area (Å²) in [5.74, 6) is -2.72. The molecule has 4 aromatic heterocycles. The van der Waals surface area contributed by atoms with E-state index in [2.05, 4.69) is 21.3 Å². The van der Waals surface area contributed by atoms with Crippen molar-refractivity contribution in [3.8, 4) is 28.7 Å². The van der Waals surface area contributed by atoms with E-state index >= 15 is 0 Å². The van der Waals surface area contributed by atoms with Crippen molar-refractivity contribution >= 4 is 5.65 Å². The second kappa shape index (κ2) is 5.50. The molecule has 0 N–H and O–H groups in total. The average molecular weight is 406 g/mol. The Labute approximate surface area is 169 Å². The summed E-state index contributed by atoms with van der Waals surface area (Å²) in [6, 6.07) is 3.27. The Bertz CT molecular complexity index is 1340. The first-order chi connectivity index (χ1) is 14.5. The van der Waals surface area contributed by atoms with Crippen molar-refractivity contribution in [2.75, 3.05) is 0 Å². The number of halogens is 2. The summed E-state index contributed by atoms with van der Waals surface area (Å²) < 4.78 is 33.1. The lowest BCUT2D eigenvalue weighted by Gasteiger charge is -2.20. The van der Waals surface area contributed by atoms with Crippen LogP contribution in [0.4, 0.5) is 8.78 Å². The van der Waals surface area contributed by atoms with Crippen LogP contribution in [0.5, 0.6) is 0 Å². The van der Waals surface area contributed by atoms with Crippen LogP contribution < -0.4 is 0 Å². The van der Waals surface area contributed by atoms with E-state index in [9.17, 15) is 14.0 Å². The zero-order valence-corrected chi connectivity index (χ0v) is 15.9. The average Bonchev–Trinajstić information content (AvgIpc) is 3.21. The molecule has 10 heteroatoms. The van der Waals surface area contributed by atoms with Gasteiger partial charge in [-0.25, -0.2) is 18.7 Å². The lowest BCUT2D eigenvalue weighted by atomic mass is 10.00. The van der Waals surface area contributed by atoms with E-state index in [0.29, 0.717) is 29.1 Å². The number of nitriles is 1. The Balaban J connectivity index is 1.44. The molecule has 0 bridgehead atoms. The van der Waals surface area contributed by atoms with Gasteiger partial charge in [0.2, 0.25) is 0 Å². The van der Waals surface area contributed by atoms with Crippen LogP contribution in [-0.4, -0.2) is 39.9 Å². The molecular weight excluding hydrogens is 390 g/mol. The van der Waals surface area contributed by atoms with Crippen molar-refractivity contribution in [1.29, 1.82) is 5.26 Å². The Morgan fingerprint density at radius 3 is 2.73 bits per heavy atom. The second-order valence-corrected chi connectivity index (χ2v) is 8.03. The van der Waals surface area contributed by atoms with Gasteiger partial charge in [-0.2, -0.15) is 15.5 Å². The van der Waals surface area contributed by atoms with Gasteiger partial charge in [-0.1, -0.05) is 0 Å². The smallest absolute Gasteiger partial charge is 0.259 e. The number of fused-ring (bicyclic) bond motifs is 2. The van der Waals surface area contributed by atoms with Crippen LogP contribution in [0.15, 0.2) is 43.2 Å². The van der Waals surface area contributed by atoms with Gasteiger partial charge in [0, 0.05) is 49.4 Å². The molecule has 8 nitrogen and oxygen atoms in total. The highest BCUT2D eigenvalue weighted by atomic mass is 19.3. The first-order valence-corrected chi connectivity index (χ1v) is 9.58. The van der Waals surface area contributed by atoms with Crippen LogP contribution in [0, 0.1) is 22.7 Å². The van der Waals surface area contributed by atoms with Gasteiger partial charge >= 0.3 is 0 Å². The molecule has 0 saturated heterocycles. The van der Waals surface area contributed by atoms with Gasteiger partial charge < -0.3 is 0 Å². The topological polar surface area (TPSA) is 89.6 Å². The van der Waals surface area contributed by atoms with Gasteiger partial charge in [-0.15, -0.1) is 0 Å². The van der Waals surface area contributed by atoms with E-state index in [1.165, 1.54) is 4.68 Å². The van der Waals surface area contributed by atoms with Crippen molar-refractivity contribution in [2.45, 2.75) is 24.8 Å². The minimum atomic E-state index is -2.70. The van der Waals surface area contributed by atoms with Gasteiger partial charge in [0.15, 0.2) is 0 Å². The Hall–Kier alpha value is -3.61. The van der Waals surface area contributed by atoms with Crippen LogP contribution >= 0.6 is 0 Å². The molecule has 2 aliphatic carbocycles. The Morgan fingerprint density at radius 1 is 1.27 bits per heavy atom. The lowest BCUT2D eigenvalue weighted by Crippen LogP contribution is -2.24. The van der Waals surface area contributed by atoms with Crippen molar-refractivity contribution in [3.63, 3.8) is 0 Å². The zero-order chi connectivity index (χ0) is 20.7. The fraction of sp³-hybridized carbons (Fsp3) is 0.350. The monoisotopic (exact) mass is 406 g/mol. The molecule has 30 heavy (non-hydrogen) atoms. The summed E-state index contributed by atoms with van der Waals surface area (Å²) in [5, 5.41) is 17.8. The van der Waals surface area contributed by atoms with Crippen LogP contribution in [0.3, 0.4) is 0 Å². The summed E-state index contributed by atoms with van der Waals surface area (Å²) in [6.07, 6.45) is 10.8. The molecule has 0 aliphatic heterocycles. The van der Waals surface area contributed by atoms with Gasteiger partial charge in [-0.3, -0.25) is 13.8 Å². The number of hydrogen-bond acceptors (Lipinski definition) is 5. The van der Waals surface area contributed by atoms with E-state index in [-0.39, 0.29) is 6.42 Å². The molecule has 3 atom stereocenters. The molecular formula is C20H16F2N8. The zero-order valence-electron chi connectivity index (χ0n) is 15.9. The fourth-order valence-electron chi connectivity index (χ4n) is 4.61. The van der Waals surface area contributed by atoms with E-state index in [1.807, 2.05) is 23.7 Å². The van der Waals surface area contributed by atoms with Gasteiger partial charge in [-0.05, 0) is 6.42 Å². The molecule has 2 aliphatic rings. The number of aryl methyl sites for hydroxylation is 1. The maximum absolute atomic E-state index is 14.0. The van der Waals surface area contributed by atoms with E-state index in [1.54, 1.807) is 35.7 Å². The number of nitrogens with zero attached hydrogens (tertiary/aromatic N) is 8. The lowest BCUT2D eigenvalue weighted by molar-refractivity contribution is 0.00761. The molecule has 0 amide bonds. The highest BCUT2D eigenvalue weighted by molar-refractivity contribution is 5.68. The molecule has 2 saturated carbocycles. The summed E-state index contributed by atoms with van der Waals surface area (Å²) in [6.45, 7) is 0. The highest BCUT2D eigenvalue weighted by Gasteiger charge is 2.95. The molecule has 4 heterocycles. The van der Waals surface area contributed by atoms with Crippen LogP contribution in [0.1, 0.15) is 18.9 Å². The molecule has 2 fully saturated rings. The van der Waals surface area contributed by atoms with Gasteiger partial charge in [0.05, 0.1) is 47.6 Å². The number of hydrogen-bond donors (Lipinski definition) is 0. The third-order valence-corrected chi connectivity index (χ3v) is 6.43. The minimum absolute atomic E-state index is 0.00313. The molecule has 0 aromatic carbocycles. The van der Waals surface area contributed by atoms with E-state index in [4.69, 9.17) is 4.98 Å². The highest BCUT2D eigenvalue weighted by Crippen LogP contribution is 2.89. The molecule has 4 aromatic rings. The standard InChI is InChI=1S/C20H16F2N8/c1-28-10-12(8-25-28)14-6-17-24-4-5-29(17)18(27-14)13-9-26-30(11-13)16(2-3-23)19-7-15(19)20(19,21)22/h4-6,8-11,15-16H,2,7H2,1H3/t15?,16-,19?/m0/s1. The van der Waals surface area contributed by atoms with Crippen molar-refractivity contribution in [1.82, 2.24) is 33.9 Å². The van der Waals surface area contributed by atoms with Crippen molar-refractivity contribution in [2.24, 2.45) is 18.4 Å². The van der Waals surface area contributed by atoms with E-state index < -0.39 is 23.3 Å². The number of alkyl halides is 2. The molecule has 2 unspecified atom stereocenters.